The first-order valence-corrected chi connectivity index (χ1v) is 7.15. The summed E-state index contributed by atoms with van der Waals surface area (Å²) in [5, 5.41) is 0.0949. The molecule has 0 aromatic carbocycles. The van der Waals surface area contributed by atoms with Gasteiger partial charge in [-0.2, -0.15) is 0 Å². The average Bonchev–Trinajstić information content (AvgIpc) is 2.74. The van der Waals surface area contributed by atoms with Crippen LogP contribution in [0.3, 0.4) is 0 Å². The highest BCUT2D eigenvalue weighted by atomic mass is 79.9. The summed E-state index contributed by atoms with van der Waals surface area (Å²) in [4.78, 5) is 2.55. The van der Waals surface area contributed by atoms with Gasteiger partial charge in [-0.1, -0.05) is 0 Å². The second kappa shape index (κ2) is 4.74. The molecule has 3 atom stereocenters. The Morgan fingerprint density at radius 2 is 2.40 bits per heavy atom. The van der Waals surface area contributed by atoms with Gasteiger partial charge in [0.1, 0.15) is 0 Å². The highest BCUT2D eigenvalue weighted by molar-refractivity contribution is 9.10. The number of rotatable bonds is 2. The van der Waals surface area contributed by atoms with Crippen LogP contribution < -0.4 is 0 Å². The van der Waals surface area contributed by atoms with E-state index in [4.69, 9.17) is 16.3 Å². The van der Waals surface area contributed by atoms with Crippen LogP contribution in [0.2, 0.25) is 0 Å². The van der Waals surface area contributed by atoms with E-state index in [0.717, 1.165) is 13.0 Å². The van der Waals surface area contributed by atoms with Crippen molar-refractivity contribution < 1.29 is 4.74 Å². The van der Waals surface area contributed by atoms with Crippen molar-refractivity contribution in [1.82, 2.24) is 0 Å². The van der Waals surface area contributed by atoms with Gasteiger partial charge in [-0.15, -0.1) is 22.9 Å². The monoisotopic (exact) mass is 308 g/mol. The minimum Gasteiger partial charge on any atom is -0.378 e. The van der Waals surface area contributed by atoms with Gasteiger partial charge in [0.15, 0.2) is 0 Å². The van der Waals surface area contributed by atoms with Gasteiger partial charge in [-0.3, -0.25) is 0 Å². The minimum atomic E-state index is 0.0949. The van der Waals surface area contributed by atoms with E-state index in [2.05, 4.69) is 35.8 Å². The fraction of sp³-hybridized carbons (Fsp3) is 0.636. The molecule has 0 N–H and O–H groups in total. The Kier molecular flexibility index (Phi) is 3.76. The molecular formula is C11H14BrClOS. The van der Waals surface area contributed by atoms with Crippen molar-refractivity contribution in [2.24, 2.45) is 5.92 Å². The fourth-order valence-electron chi connectivity index (χ4n) is 1.96. The third-order valence-electron chi connectivity index (χ3n) is 2.96. The number of thiophene rings is 1. The molecule has 1 aromatic rings. The number of alkyl halides is 1. The first-order valence-electron chi connectivity index (χ1n) is 5.11. The number of aryl methyl sites for hydroxylation is 1. The van der Waals surface area contributed by atoms with Crippen LogP contribution in [0.25, 0.3) is 0 Å². The second-order valence-electron chi connectivity index (χ2n) is 3.98. The largest absolute Gasteiger partial charge is 0.378 e. The summed E-state index contributed by atoms with van der Waals surface area (Å²) < 4.78 is 6.72. The molecule has 0 spiro atoms. The molecule has 0 bridgehead atoms. The number of ether oxygens (including phenoxy) is 1. The van der Waals surface area contributed by atoms with Gasteiger partial charge in [-0.05, 0) is 42.3 Å². The Balaban J connectivity index is 2.16. The summed E-state index contributed by atoms with van der Waals surface area (Å²) in [6.45, 7) is 5.07. The Bertz CT molecular complexity index is 333. The molecule has 15 heavy (non-hydrogen) atoms. The quantitative estimate of drug-likeness (QED) is 0.730. The second-order valence-corrected chi connectivity index (χ2v) is 6.60. The van der Waals surface area contributed by atoms with Crippen LogP contribution in [0.5, 0.6) is 0 Å². The highest BCUT2D eigenvalue weighted by Gasteiger charge is 2.32. The van der Waals surface area contributed by atoms with E-state index >= 15 is 0 Å². The SMILES string of the molecule is Cc1sc(C(Cl)C2CCOC2C)cc1Br. The van der Waals surface area contributed by atoms with Gasteiger partial charge in [-0.25, -0.2) is 0 Å². The fourth-order valence-corrected chi connectivity index (χ4v) is 4.10. The molecule has 1 saturated heterocycles. The Morgan fingerprint density at radius 3 is 2.87 bits per heavy atom. The molecule has 0 radical (unpaired) electrons. The zero-order chi connectivity index (χ0) is 11.0. The molecular weight excluding hydrogens is 296 g/mol. The molecule has 1 aliphatic heterocycles. The third kappa shape index (κ3) is 2.41. The Hall–Kier alpha value is 0.430. The highest BCUT2D eigenvalue weighted by Crippen LogP contribution is 2.42. The van der Waals surface area contributed by atoms with Gasteiger partial charge < -0.3 is 4.74 Å². The number of halogens is 2. The van der Waals surface area contributed by atoms with E-state index < -0.39 is 0 Å². The van der Waals surface area contributed by atoms with E-state index in [1.807, 2.05) is 0 Å². The molecule has 0 aliphatic carbocycles. The first kappa shape index (κ1) is 11.9. The summed E-state index contributed by atoms with van der Waals surface area (Å²) in [6.07, 6.45) is 1.36. The summed E-state index contributed by atoms with van der Waals surface area (Å²) in [5.41, 5.74) is 0. The molecule has 2 rings (SSSR count). The normalized spacial score (nSPS) is 28.3. The van der Waals surface area contributed by atoms with E-state index in [1.54, 1.807) is 11.3 Å². The predicted octanol–water partition coefficient (Wildman–Crippen LogP) is 4.52. The van der Waals surface area contributed by atoms with E-state index in [-0.39, 0.29) is 11.5 Å². The van der Waals surface area contributed by atoms with Gasteiger partial charge in [0, 0.05) is 26.8 Å². The maximum Gasteiger partial charge on any atom is 0.0732 e. The molecule has 2 heterocycles. The summed E-state index contributed by atoms with van der Waals surface area (Å²) in [5.74, 6) is 0.455. The van der Waals surface area contributed by atoms with Crippen LogP contribution in [0, 0.1) is 12.8 Å². The van der Waals surface area contributed by atoms with Gasteiger partial charge >= 0.3 is 0 Å². The molecule has 84 valence electrons. The summed E-state index contributed by atoms with van der Waals surface area (Å²) in [7, 11) is 0. The molecule has 4 heteroatoms. The topological polar surface area (TPSA) is 9.23 Å². The molecule has 1 aliphatic rings. The lowest BCUT2D eigenvalue weighted by atomic mass is 9.97. The van der Waals surface area contributed by atoms with Crippen molar-refractivity contribution in [2.75, 3.05) is 6.61 Å². The minimum absolute atomic E-state index is 0.0949. The third-order valence-corrected chi connectivity index (χ3v) is 5.87. The molecule has 3 unspecified atom stereocenters. The smallest absolute Gasteiger partial charge is 0.0732 e. The lowest BCUT2D eigenvalue weighted by Crippen LogP contribution is -2.15. The van der Waals surface area contributed by atoms with Crippen LogP contribution in [-0.4, -0.2) is 12.7 Å². The van der Waals surface area contributed by atoms with Crippen molar-refractivity contribution in [3.05, 3.63) is 20.3 Å². The molecule has 1 nitrogen and oxygen atoms in total. The molecule has 0 saturated carbocycles. The van der Waals surface area contributed by atoms with Gasteiger partial charge in [0.2, 0.25) is 0 Å². The van der Waals surface area contributed by atoms with Crippen molar-refractivity contribution >= 4 is 38.9 Å². The van der Waals surface area contributed by atoms with Gasteiger partial charge in [0.25, 0.3) is 0 Å². The van der Waals surface area contributed by atoms with Crippen molar-refractivity contribution in [3.63, 3.8) is 0 Å². The van der Waals surface area contributed by atoms with Crippen LogP contribution in [0.4, 0.5) is 0 Å². The molecule has 1 aromatic heterocycles. The lowest BCUT2D eigenvalue weighted by molar-refractivity contribution is 0.105. The van der Waals surface area contributed by atoms with Crippen molar-refractivity contribution in [2.45, 2.75) is 31.7 Å². The summed E-state index contributed by atoms with van der Waals surface area (Å²) in [6, 6.07) is 2.14. The zero-order valence-corrected chi connectivity index (χ0v) is 12.0. The maximum atomic E-state index is 6.50. The standard InChI is InChI=1S/C11H14BrClOS/c1-6-8(3-4-14-6)11(13)10-5-9(12)7(2)15-10/h5-6,8,11H,3-4H2,1-2H3. The van der Waals surface area contributed by atoms with Crippen LogP contribution in [0.1, 0.15) is 28.5 Å². The first-order chi connectivity index (χ1) is 7.09. The maximum absolute atomic E-state index is 6.50. The van der Waals surface area contributed by atoms with Crippen LogP contribution in [-0.2, 0) is 4.74 Å². The van der Waals surface area contributed by atoms with Gasteiger partial charge in [0.05, 0.1) is 11.5 Å². The van der Waals surface area contributed by atoms with E-state index in [1.165, 1.54) is 14.2 Å². The van der Waals surface area contributed by atoms with E-state index in [9.17, 15) is 0 Å². The Morgan fingerprint density at radius 1 is 1.67 bits per heavy atom. The van der Waals surface area contributed by atoms with Crippen LogP contribution >= 0.6 is 38.9 Å². The predicted molar refractivity (Wildman–Crippen MR) is 68.9 cm³/mol. The number of hydrogen-bond acceptors (Lipinski definition) is 2. The Labute approximate surface area is 108 Å². The van der Waals surface area contributed by atoms with Crippen LogP contribution in [0.15, 0.2) is 10.5 Å². The van der Waals surface area contributed by atoms with E-state index in [0.29, 0.717) is 5.92 Å². The summed E-state index contributed by atoms with van der Waals surface area (Å²) >= 11 is 11.8. The molecule has 0 amide bonds. The molecule has 1 fully saturated rings. The van der Waals surface area contributed by atoms with Crippen molar-refractivity contribution in [3.8, 4) is 0 Å². The lowest BCUT2D eigenvalue weighted by Gasteiger charge is -2.18. The number of hydrogen-bond donors (Lipinski definition) is 0. The average molecular weight is 310 g/mol. The van der Waals surface area contributed by atoms with Crippen molar-refractivity contribution in [1.29, 1.82) is 0 Å². The zero-order valence-electron chi connectivity index (χ0n) is 8.80.